The van der Waals surface area contributed by atoms with Crippen molar-refractivity contribution in [3.8, 4) is 5.75 Å². The lowest BCUT2D eigenvalue weighted by molar-refractivity contribution is -0.111. The number of hydrogen-bond acceptors (Lipinski definition) is 4. The van der Waals surface area contributed by atoms with Crippen LogP contribution in [0.3, 0.4) is 0 Å². The molecule has 0 spiro atoms. The predicted octanol–water partition coefficient (Wildman–Crippen LogP) is 2.94. The fourth-order valence-corrected chi connectivity index (χ4v) is 3.16. The van der Waals surface area contributed by atoms with Crippen LogP contribution in [0.15, 0.2) is 56.9 Å². The third kappa shape index (κ3) is 3.76. The van der Waals surface area contributed by atoms with E-state index in [9.17, 15) is 13.2 Å². The second-order valence-electron chi connectivity index (χ2n) is 5.57. The molecule has 1 aromatic carbocycles. The summed E-state index contributed by atoms with van der Waals surface area (Å²) in [4.78, 5) is 11.9. The summed E-state index contributed by atoms with van der Waals surface area (Å²) in [7, 11) is -2.35. The number of nitrogens with zero attached hydrogens (tertiary/aromatic N) is 1. The molecule has 5 nitrogen and oxygen atoms in total. The first-order valence-corrected chi connectivity index (χ1v) is 8.62. The molecule has 0 amide bonds. The summed E-state index contributed by atoms with van der Waals surface area (Å²) in [5.41, 5.74) is 1.41. The third-order valence-corrected chi connectivity index (χ3v) is 4.83. The Balaban J connectivity index is 2.48. The summed E-state index contributed by atoms with van der Waals surface area (Å²) in [5, 5.41) is 0. The van der Waals surface area contributed by atoms with E-state index < -0.39 is 10.0 Å². The predicted molar refractivity (Wildman–Crippen MR) is 89.3 cm³/mol. The lowest BCUT2D eigenvalue weighted by Crippen LogP contribution is -2.17. The number of rotatable bonds is 4. The molecule has 0 fully saturated rings. The molecule has 23 heavy (non-hydrogen) atoms. The number of ether oxygens (including phenoxy) is 1. The van der Waals surface area contributed by atoms with E-state index in [2.05, 4.69) is 4.40 Å². The summed E-state index contributed by atoms with van der Waals surface area (Å²) in [6, 6.07) is 6.03. The van der Waals surface area contributed by atoms with Gasteiger partial charge >= 0.3 is 0 Å². The number of methoxy groups -OCH3 is 1. The molecule has 1 aliphatic rings. The van der Waals surface area contributed by atoms with Crippen LogP contribution in [0.4, 0.5) is 0 Å². The Hall–Kier alpha value is -2.21. The number of carbonyl (C=O) groups is 1. The van der Waals surface area contributed by atoms with E-state index in [0.29, 0.717) is 22.6 Å². The Morgan fingerprint density at radius 3 is 2.22 bits per heavy atom. The molecule has 1 aliphatic carbocycles. The average Bonchev–Trinajstić information content (AvgIpc) is 2.50. The van der Waals surface area contributed by atoms with Gasteiger partial charge in [0.25, 0.3) is 10.0 Å². The van der Waals surface area contributed by atoms with E-state index in [1.165, 1.54) is 31.4 Å². The van der Waals surface area contributed by atoms with Gasteiger partial charge in [0, 0.05) is 0 Å². The molecule has 1 aromatic rings. The lowest BCUT2D eigenvalue weighted by Gasteiger charge is -2.16. The minimum atomic E-state index is -3.86. The van der Waals surface area contributed by atoms with Gasteiger partial charge in [0.1, 0.15) is 5.75 Å². The van der Waals surface area contributed by atoms with E-state index in [0.717, 1.165) is 0 Å². The van der Waals surface area contributed by atoms with E-state index in [-0.39, 0.29) is 16.6 Å². The van der Waals surface area contributed by atoms with Gasteiger partial charge in [0.15, 0.2) is 5.78 Å². The summed E-state index contributed by atoms with van der Waals surface area (Å²) in [6.07, 6.45) is 2.99. The van der Waals surface area contributed by atoms with E-state index >= 15 is 0 Å². The van der Waals surface area contributed by atoms with Gasteiger partial charge in [-0.2, -0.15) is 12.8 Å². The van der Waals surface area contributed by atoms with Gasteiger partial charge in [-0.15, -0.1) is 0 Å². The molecule has 0 aromatic heterocycles. The van der Waals surface area contributed by atoms with E-state index in [1.807, 2.05) is 13.8 Å². The second-order valence-corrected chi connectivity index (χ2v) is 7.18. The SMILES string of the molecule is COc1ccc(S(=O)(=O)N=C2C=C(C)C(=O)C=C2C(C)C)cc1. The zero-order valence-electron chi connectivity index (χ0n) is 13.5. The monoisotopic (exact) mass is 333 g/mol. The number of allylic oxidation sites excluding steroid dienone is 4. The van der Waals surface area contributed by atoms with Crippen LogP contribution in [-0.4, -0.2) is 27.0 Å². The third-order valence-electron chi connectivity index (χ3n) is 3.52. The van der Waals surface area contributed by atoms with Crippen molar-refractivity contribution in [3.63, 3.8) is 0 Å². The molecule has 2 rings (SSSR count). The molecular formula is C17H19NO4S. The van der Waals surface area contributed by atoms with Crippen LogP contribution >= 0.6 is 0 Å². The van der Waals surface area contributed by atoms with Gasteiger partial charge in [-0.05, 0) is 60.4 Å². The Kier molecular flexibility index (Phi) is 4.85. The van der Waals surface area contributed by atoms with Crippen LogP contribution in [0.1, 0.15) is 20.8 Å². The first-order valence-electron chi connectivity index (χ1n) is 7.18. The second kappa shape index (κ2) is 6.50. The maximum absolute atomic E-state index is 12.5. The number of benzene rings is 1. The molecule has 0 aliphatic heterocycles. The highest BCUT2D eigenvalue weighted by atomic mass is 32.2. The summed E-state index contributed by atoms with van der Waals surface area (Å²) in [6.45, 7) is 5.43. The zero-order chi connectivity index (χ0) is 17.2. The van der Waals surface area contributed by atoms with Crippen molar-refractivity contribution in [3.05, 3.63) is 47.6 Å². The molecule has 0 unspecified atom stereocenters. The van der Waals surface area contributed by atoms with Gasteiger partial charge in [0.05, 0.1) is 17.7 Å². The number of carbonyl (C=O) groups excluding carboxylic acids is 1. The fourth-order valence-electron chi connectivity index (χ4n) is 2.16. The quantitative estimate of drug-likeness (QED) is 0.794. The highest BCUT2D eigenvalue weighted by Crippen LogP contribution is 2.23. The summed E-state index contributed by atoms with van der Waals surface area (Å²) in [5.74, 6) is 0.445. The highest BCUT2D eigenvalue weighted by molar-refractivity contribution is 7.90. The van der Waals surface area contributed by atoms with Crippen molar-refractivity contribution in [1.82, 2.24) is 0 Å². The van der Waals surface area contributed by atoms with Crippen molar-refractivity contribution in [1.29, 1.82) is 0 Å². The van der Waals surface area contributed by atoms with Crippen LogP contribution in [0.25, 0.3) is 0 Å². The van der Waals surface area contributed by atoms with Crippen LogP contribution in [0, 0.1) is 5.92 Å². The minimum Gasteiger partial charge on any atom is -0.497 e. The van der Waals surface area contributed by atoms with Crippen LogP contribution in [0.5, 0.6) is 5.75 Å². The molecule has 122 valence electrons. The van der Waals surface area contributed by atoms with Gasteiger partial charge < -0.3 is 4.74 Å². The molecule has 0 saturated heterocycles. The summed E-state index contributed by atoms with van der Waals surface area (Å²) < 4.78 is 33.9. The van der Waals surface area contributed by atoms with Crippen LogP contribution in [0.2, 0.25) is 0 Å². The van der Waals surface area contributed by atoms with Crippen molar-refractivity contribution in [2.45, 2.75) is 25.7 Å². The molecular weight excluding hydrogens is 314 g/mol. The van der Waals surface area contributed by atoms with Gasteiger partial charge in [-0.25, -0.2) is 0 Å². The number of ketones is 1. The fraction of sp³-hybridized carbons (Fsp3) is 0.294. The highest BCUT2D eigenvalue weighted by Gasteiger charge is 2.22. The van der Waals surface area contributed by atoms with Crippen molar-refractivity contribution in [2.24, 2.45) is 10.3 Å². The topological polar surface area (TPSA) is 72.8 Å². The first kappa shape index (κ1) is 17.1. The first-order chi connectivity index (χ1) is 10.7. The van der Waals surface area contributed by atoms with Gasteiger partial charge in [0.2, 0.25) is 0 Å². The van der Waals surface area contributed by atoms with Crippen LogP contribution in [-0.2, 0) is 14.8 Å². The van der Waals surface area contributed by atoms with Crippen molar-refractivity contribution in [2.75, 3.05) is 7.11 Å². The Labute approximate surface area is 136 Å². The molecule has 0 atom stereocenters. The molecule has 6 heteroatoms. The van der Waals surface area contributed by atoms with Gasteiger partial charge in [-0.3, -0.25) is 4.79 Å². The molecule has 0 radical (unpaired) electrons. The van der Waals surface area contributed by atoms with E-state index in [1.54, 1.807) is 19.1 Å². The number of hydrogen-bond donors (Lipinski definition) is 0. The normalized spacial score (nSPS) is 17.3. The zero-order valence-corrected chi connectivity index (χ0v) is 14.3. The standard InChI is InChI=1S/C17H19NO4S/c1-11(2)15-10-17(19)12(3)9-16(15)18-23(20,21)14-7-5-13(22-4)6-8-14/h5-11H,1-4H3. The Morgan fingerprint density at radius 1 is 1.09 bits per heavy atom. The maximum atomic E-state index is 12.5. The van der Waals surface area contributed by atoms with Crippen molar-refractivity contribution < 1.29 is 17.9 Å². The number of sulfonamides is 1. The Bertz CT molecular complexity index is 813. The average molecular weight is 333 g/mol. The van der Waals surface area contributed by atoms with Gasteiger partial charge in [-0.1, -0.05) is 13.8 Å². The maximum Gasteiger partial charge on any atom is 0.282 e. The minimum absolute atomic E-state index is 0.00637. The lowest BCUT2D eigenvalue weighted by atomic mass is 9.90. The smallest absolute Gasteiger partial charge is 0.282 e. The molecule has 0 N–H and O–H groups in total. The van der Waals surface area contributed by atoms with E-state index in [4.69, 9.17) is 4.74 Å². The molecule has 0 bridgehead atoms. The summed E-state index contributed by atoms with van der Waals surface area (Å²) >= 11 is 0. The van der Waals surface area contributed by atoms with Crippen molar-refractivity contribution >= 4 is 21.5 Å². The Morgan fingerprint density at radius 2 is 1.70 bits per heavy atom. The molecule has 0 heterocycles. The van der Waals surface area contributed by atoms with Crippen LogP contribution < -0.4 is 4.74 Å². The molecule has 0 saturated carbocycles. The largest absolute Gasteiger partial charge is 0.497 e.